The molecule has 0 spiro atoms. The fourth-order valence-electron chi connectivity index (χ4n) is 2.03. The summed E-state index contributed by atoms with van der Waals surface area (Å²) in [6, 6.07) is 16.2. The standard InChI is InChI=1S/C17H11F2N.C3H8.H3N/c18-15-5-1-12(2-6-15)14-9-10-20-17(11-14)13-3-7-16(19)8-4-13;1-3-2;/h1-11H;3H2,1-2H3;1H3. The lowest BCUT2D eigenvalue weighted by Crippen LogP contribution is -1.86. The number of aromatic nitrogens is 1. The SMILES string of the molecule is CCC.Fc1ccc(-c2ccnc(-c3ccc(F)cc3)c2)cc1.N. The lowest BCUT2D eigenvalue weighted by Gasteiger charge is -2.05. The summed E-state index contributed by atoms with van der Waals surface area (Å²) in [4.78, 5) is 4.29. The molecule has 3 N–H and O–H groups in total. The van der Waals surface area contributed by atoms with Gasteiger partial charge in [0.1, 0.15) is 11.6 Å². The Morgan fingerprint density at radius 1 is 0.708 bits per heavy atom. The Morgan fingerprint density at radius 2 is 1.17 bits per heavy atom. The number of hydrogen-bond acceptors (Lipinski definition) is 2. The second-order valence-corrected chi connectivity index (χ2v) is 5.15. The fraction of sp³-hybridized carbons (Fsp3) is 0.150. The lowest BCUT2D eigenvalue weighted by molar-refractivity contribution is 0.627. The van der Waals surface area contributed by atoms with E-state index in [4.69, 9.17) is 0 Å². The molecule has 0 aliphatic heterocycles. The van der Waals surface area contributed by atoms with Gasteiger partial charge >= 0.3 is 0 Å². The van der Waals surface area contributed by atoms with Gasteiger partial charge in [-0.25, -0.2) is 8.78 Å². The van der Waals surface area contributed by atoms with Gasteiger partial charge in [-0.1, -0.05) is 32.4 Å². The van der Waals surface area contributed by atoms with Gasteiger partial charge in [0.15, 0.2) is 0 Å². The van der Waals surface area contributed by atoms with Gasteiger partial charge in [0.05, 0.1) is 5.69 Å². The van der Waals surface area contributed by atoms with Gasteiger partial charge in [0.2, 0.25) is 0 Å². The Hall–Kier alpha value is -2.59. The third kappa shape index (κ3) is 5.25. The van der Waals surface area contributed by atoms with E-state index in [-0.39, 0.29) is 17.8 Å². The number of rotatable bonds is 2. The molecule has 0 atom stereocenters. The van der Waals surface area contributed by atoms with Gasteiger partial charge in [0.25, 0.3) is 0 Å². The molecule has 0 saturated carbocycles. The van der Waals surface area contributed by atoms with Crippen molar-refractivity contribution in [2.75, 3.05) is 0 Å². The summed E-state index contributed by atoms with van der Waals surface area (Å²) in [6.45, 7) is 4.25. The number of nitrogens with zero attached hydrogens (tertiary/aromatic N) is 1. The molecule has 1 aromatic heterocycles. The normalized spacial score (nSPS) is 9.50. The van der Waals surface area contributed by atoms with Crippen LogP contribution in [-0.4, -0.2) is 4.98 Å². The Kier molecular flexibility index (Phi) is 7.72. The van der Waals surface area contributed by atoms with E-state index in [2.05, 4.69) is 18.8 Å². The minimum absolute atomic E-state index is 0. The molecule has 4 heteroatoms. The van der Waals surface area contributed by atoms with E-state index in [1.54, 1.807) is 30.5 Å². The molecule has 2 aromatic carbocycles. The number of hydrogen-bond donors (Lipinski definition) is 1. The van der Waals surface area contributed by atoms with Crippen molar-refractivity contribution in [1.82, 2.24) is 11.1 Å². The summed E-state index contributed by atoms with van der Waals surface area (Å²) in [6.07, 6.45) is 2.94. The minimum Gasteiger partial charge on any atom is -0.344 e. The Labute approximate surface area is 141 Å². The van der Waals surface area contributed by atoms with Crippen LogP contribution >= 0.6 is 0 Å². The van der Waals surface area contributed by atoms with Crippen molar-refractivity contribution < 1.29 is 8.78 Å². The summed E-state index contributed by atoms with van der Waals surface area (Å²) in [5.74, 6) is -0.537. The molecule has 126 valence electrons. The first-order chi connectivity index (χ1) is 11.1. The van der Waals surface area contributed by atoms with Crippen LogP contribution in [0.5, 0.6) is 0 Å². The summed E-state index contributed by atoms with van der Waals surface area (Å²) >= 11 is 0. The van der Waals surface area contributed by atoms with Crippen LogP contribution in [0.25, 0.3) is 22.4 Å². The number of pyridine rings is 1. The van der Waals surface area contributed by atoms with Crippen LogP contribution in [0.3, 0.4) is 0 Å². The van der Waals surface area contributed by atoms with Gasteiger partial charge in [-0.2, -0.15) is 0 Å². The molecule has 0 radical (unpaired) electrons. The maximum absolute atomic E-state index is 12.9. The largest absolute Gasteiger partial charge is 0.344 e. The molecule has 0 bridgehead atoms. The molecule has 3 aromatic rings. The zero-order chi connectivity index (χ0) is 16.7. The van der Waals surface area contributed by atoms with E-state index in [1.165, 1.54) is 30.7 Å². The summed E-state index contributed by atoms with van der Waals surface area (Å²) in [5.41, 5.74) is 3.46. The van der Waals surface area contributed by atoms with E-state index in [0.29, 0.717) is 0 Å². The number of halogens is 2. The molecule has 0 aliphatic rings. The molecule has 0 saturated heterocycles. The van der Waals surface area contributed by atoms with Crippen LogP contribution in [-0.2, 0) is 0 Å². The first-order valence-electron chi connectivity index (χ1n) is 7.62. The van der Waals surface area contributed by atoms with Gasteiger partial charge < -0.3 is 6.15 Å². The quantitative estimate of drug-likeness (QED) is 0.602. The van der Waals surface area contributed by atoms with Crippen LogP contribution in [0.2, 0.25) is 0 Å². The highest BCUT2D eigenvalue weighted by Gasteiger charge is 2.03. The molecule has 0 unspecified atom stereocenters. The zero-order valence-corrected chi connectivity index (χ0v) is 14.0. The van der Waals surface area contributed by atoms with Crippen LogP contribution < -0.4 is 6.15 Å². The molecule has 0 aliphatic carbocycles. The highest BCUT2D eigenvalue weighted by atomic mass is 19.1. The Bertz CT molecular complexity index is 678. The van der Waals surface area contributed by atoms with E-state index in [9.17, 15) is 8.78 Å². The van der Waals surface area contributed by atoms with Crippen molar-refractivity contribution >= 4 is 0 Å². The molecular weight excluding hydrogens is 306 g/mol. The first kappa shape index (κ1) is 19.5. The Morgan fingerprint density at radius 3 is 1.67 bits per heavy atom. The first-order valence-corrected chi connectivity index (χ1v) is 7.62. The topological polar surface area (TPSA) is 47.9 Å². The summed E-state index contributed by atoms with van der Waals surface area (Å²) in [7, 11) is 0. The third-order valence-corrected chi connectivity index (χ3v) is 3.08. The molecular formula is C20H22F2N2. The average molecular weight is 328 g/mol. The smallest absolute Gasteiger partial charge is 0.123 e. The van der Waals surface area contributed by atoms with Gasteiger partial charge in [-0.15, -0.1) is 0 Å². The van der Waals surface area contributed by atoms with Crippen LogP contribution in [0.4, 0.5) is 8.78 Å². The molecule has 1 heterocycles. The van der Waals surface area contributed by atoms with E-state index >= 15 is 0 Å². The van der Waals surface area contributed by atoms with E-state index < -0.39 is 0 Å². The maximum atomic E-state index is 12.9. The van der Waals surface area contributed by atoms with E-state index in [1.807, 2.05) is 12.1 Å². The van der Waals surface area contributed by atoms with Gasteiger partial charge in [-0.3, -0.25) is 4.98 Å². The molecule has 0 fully saturated rings. The second kappa shape index (κ2) is 9.53. The minimum atomic E-state index is -0.275. The fourth-order valence-corrected chi connectivity index (χ4v) is 2.03. The monoisotopic (exact) mass is 328 g/mol. The highest BCUT2D eigenvalue weighted by molar-refractivity contribution is 5.70. The zero-order valence-electron chi connectivity index (χ0n) is 14.0. The van der Waals surface area contributed by atoms with Crippen molar-refractivity contribution in [3.05, 3.63) is 78.5 Å². The predicted molar refractivity (Wildman–Crippen MR) is 96.0 cm³/mol. The average Bonchev–Trinajstić information content (AvgIpc) is 2.57. The van der Waals surface area contributed by atoms with Crippen molar-refractivity contribution in [3.63, 3.8) is 0 Å². The van der Waals surface area contributed by atoms with Gasteiger partial charge in [0, 0.05) is 11.8 Å². The molecule has 24 heavy (non-hydrogen) atoms. The summed E-state index contributed by atoms with van der Waals surface area (Å²) < 4.78 is 25.9. The third-order valence-electron chi connectivity index (χ3n) is 3.08. The predicted octanol–water partition coefficient (Wildman–Crippen LogP) is 6.27. The van der Waals surface area contributed by atoms with Gasteiger partial charge in [-0.05, 0) is 59.7 Å². The summed E-state index contributed by atoms with van der Waals surface area (Å²) in [5, 5.41) is 0. The second-order valence-electron chi connectivity index (χ2n) is 5.15. The van der Waals surface area contributed by atoms with Crippen LogP contribution in [0.1, 0.15) is 20.3 Å². The van der Waals surface area contributed by atoms with Crippen molar-refractivity contribution in [1.29, 1.82) is 0 Å². The lowest BCUT2D eigenvalue weighted by atomic mass is 10.0. The maximum Gasteiger partial charge on any atom is 0.123 e. The molecule has 2 nitrogen and oxygen atoms in total. The van der Waals surface area contributed by atoms with Crippen molar-refractivity contribution in [2.45, 2.75) is 20.3 Å². The number of benzene rings is 2. The van der Waals surface area contributed by atoms with Crippen molar-refractivity contribution in [2.24, 2.45) is 0 Å². The Balaban J connectivity index is 0.000000671. The molecule has 3 rings (SSSR count). The van der Waals surface area contributed by atoms with Crippen LogP contribution in [0, 0.1) is 11.6 Å². The van der Waals surface area contributed by atoms with E-state index in [0.717, 1.165) is 22.4 Å². The van der Waals surface area contributed by atoms with Crippen LogP contribution in [0.15, 0.2) is 66.9 Å². The van der Waals surface area contributed by atoms with Crippen molar-refractivity contribution in [3.8, 4) is 22.4 Å². The highest BCUT2D eigenvalue weighted by Crippen LogP contribution is 2.24. The molecule has 0 amide bonds.